The van der Waals surface area contributed by atoms with Crippen molar-refractivity contribution in [3.05, 3.63) is 42.1 Å². The molecule has 2 aromatic heterocycles. The second kappa shape index (κ2) is 8.30. The van der Waals surface area contributed by atoms with Crippen LogP contribution in [0.3, 0.4) is 0 Å². The fourth-order valence-corrected chi connectivity index (χ4v) is 3.48. The number of carbonyl (C=O) groups is 2. The quantitative estimate of drug-likeness (QED) is 0.709. The SMILES string of the molecule is O=C(Cl)c1ccc(NC(=O)C(CC2CCCC2)n2cnc(C(F)(F)F)c2)nc1. The first-order valence-corrected chi connectivity index (χ1v) is 9.19. The highest BCUT2D eigenvalue weighted by atomic mass is 35.5. The van der Waals surface area contributed by atoms with Gasteiger partial charge in [0.1, 0.15) is 11.9 Å². The van der Waals surface area contributed by atoms with E-state index in [0.717, 1.165) is 38.2 Å². The number of hydrogen-bond donors (Lipinski definition) is 1. The molecule has 0 aliphatic heterocycles. The molecule has 0 aromatic carbocycles. The highest BCUT2D eigenvalue weighted by molar-refractivity contribution is 6.67. The summed E-state index contributed by atoms with van der Waals surface area (Å²) >= 11 is 5.36. The predicted octanol–water partition coefficient (Wildman–Crippen LogP) is 4.44. The lowest BCUT2D eigenvalue weighted by Crippen LogP contribution is -2.27. The molecule has 2 aromatic rings. The number of carbonyl (C=O) groups excluding carboxylic acids is 2. The minimum Gasteiger partial charge on any atom is -0.324 e. The van der Waals surface area contributed by atoms with E-state index in [1.165, 1.54) is 22.9 Å². The van der Waals surface area contributed by atoms with E-state index in [1.54, 1.807) is 0 Å². The van der Waals surface area contributed by atoms with E-state index in [0.29, 0.717) is 6.42 Å². The number of alkyl halides is 3. The summed E-state index contributed by atoms with van der Waals surface area (Å²) in [6.45, 7) is 0. The van der Waals surface area contributed by atoms with Gasteiger partial charge in [-0.15, -0.1) is 0 Å². The van der Waals surface area contributed by atoms with E-state index in [9.17, 15) is 22.8 Å². The van der Waals surface area contributed by atoms with E-state index in [1.807, 2.05) is 0 Å². The van der Waals surface area contributed by atoms with Crippen molar-refractivity contribution < 1.29 is 22.8 Å². The molecule has 0 spiro atoms. The Bertz CT molecular complexity index is 845. The molecule has 3 rings (SSSR count). The van der Waals surface area contributed by atoms with E-state index >= 15 is 0 Å². The second-order valence-electron chi connectivity index (χ2n) is 6.80. The molecule has 1 fully saturated rings. The van der Waals surface area contributed by atoms with Crippen molar-refractivity contribution in [1.82, 2.24) is 14.5 Å². The number of pyridine rings is 1. The molecule has 1 saturated carbocycles. The lowest BCUT2D eigenvalue weighted by molar-refractivity contribution is -0.141. The third-order valence-electron chi connectivity index (χ3n) is 4.83. The summed E-state index contributed by atoms with van der Waals surface area (Å²) in [6, 6.07) is 1.97. The van der Waals surface area contributed by atoms with Crippen LogP contribution in [0.4, 0.5) is 19.0 Å². The molecule has 1 aliphatic carbocycles. The zero-order valence-electron chi connectivity index (χ0n) is 14.7. The maximum absolute atomic E-state index is 12.9. The van der Waals surface area contributed by atoms with Crippen LogP contribution in [0.25, 0.3) is 0 Å². The molecular weight excluding hydrogens is 397 g/mol. The van der Waals surface area contributed by atoms with Crippen LogP contribution >= 0.6 is 11.6 Å². The molecule has 6 nitrogen and oxygen atoms in total. The number of imidazole rings is 1. The normalized spacial score (nSPS) is 16.1. The van der Waals surface area contributed by atoms with Gasteiger partial charge in [0.15, 0.2) is 5.69 Å². The van der Waals surface area contributed by atoms with Gasteiger partial charge in [-0.1, -0.05) is 25.7 Å². The Morgan fingerprint density at radius 3 is 2.50 bits per heavy atom. The summed E-state index contributed by atoms with van der Waals surface area (Å²) in [5.74, 6) is -0.0496. The third-order valence-corrected chi connectivity index (χ3v) is 5.05. The Kier molecular flexibility index (Phi) is 6.02. The van der Waals surface area contributed by atoms with E-state index < -0.39 is 29.1 Å². The molecule has 1 unspecified atom stereocenters. The largest absolute Gasteiger partial charge is 0.434 e. The Labute approximate surface area is 164 Å². The number of nitrogens with zero attached hydrogens (tertiary/aromatic N) is 3. The van der Waals surface area contributed by atoms with Gasteiger partial charge in [0.05, 0.1) is 11.9 Å². The summed E-state index contributed by atoms with van der Waals surface area (Å²) in [4.78, 5) is 31.2. The number of amides is 1. The number of anilines is 1. The molecule has 0 radical (unpaired) electrons. The van der Waals surface area contributed by atoms with Gasteiger partial charge in [0, 0.05) is 12.4 Å². The van der Waals surface area contributed by atoms with Crippen molar-refractivity contribution in [2.45, 2.75) is 44.3 Å². The molecule has 1 amide bonds. The highest BCUT2D eigenvalue weighted by Crippen LogP contribution is 2.34. The van der Waals surface area contributed by atoms with E-state index in [2.05, 4.69) is 15.3 Å². The second-order valence-corrected chi connectivity index (χ2v) is 7.14. The Morgan fingerprint density at radius 2 is 1.96 bits per heavy atom. The summed E-state index contributed by atoms with van der Waals surface area (Å²) in [6.07, 6.45) is 2.91. The first-order chi connectivity index (χ1) is 13.2. The molecule has 0 bridgehead atoms. The first kappa shape index (κ1) is 20.3. The Balaban J connectivity index is 1.80. The average Bonchev–Trinajstić information content (AvgIpc) is 3.31. The zero-order valence-corrected chi connectivity index (χ0v) is 15.5. The van der Waals surface area contributed by atoms with Crippen LogP contribution in [0.2, 0.25) is 0 Å². The fraction of sp³-hybridized carbons (Fsp3) is 0.444. The molecule has 2 heterocycles. The Hall–Kier alpha value is -2.42. The van der Waals surface area contributed by atoms with E-state index in [-0.39, 0.29) is 17.3 Å². The van der Waals surface area contributed by atoms with Gasteiger partial charge < -0.3 is 9.88 Å². The van der Waals surface area contributed by atoms with Gasteiger partial charge in [0.2, 0.25) is 5.91 Å². The van der Waals surface area contributed by atoms with Crippen LogP contribution < -0.4 is 5.32 Å². The molecule has 150 valence electrons. The number of hydrogen-bond acceptors (Lipinski definition) is 4. The Morgan fingerprint density at radius 1 is 1.25 bits per heavy atom. The number of rotatable bonds is 6. The lowest BCUT2D eigenvalue weighted by atomic mass is 9.97. The fourth-order valence-electron chi connectivity index (χ4n) is 3.37. The lowest BCUT2D eigenvalue weighted by Gasteiger charge is -2.21. The van der Waals surface area contributed by atoms with Crippen molar-refractivity contribution in [3.8, 4) is 0 Å². The van der Waals surface area contributed by atoms with Crippen LogP contribution in [-0.4, -0.2) is 25.7 Å². The average molecular weight is 415 g/mol. The third kappa shape index (κ3) is 4.89. The van der Waals surface area contributed by atoms with Gasteiger partial charge >= 0.3 is 6.18 Å². The monoisotopic (exact) mass is 414 g/mol. The summed E-state index contributed by atoms with van der Waals surface area (Å²) in [5, 5.41) is 1.92. The molecule has 10 heteroatoms. The van der Waals surface area contributed by atoms with Gasteiger partial charge in [0.25, 0.3) is 5.24 Å². The molecular formula is C18H18ClF3N4O2. The number of aromatic nitrogens is 3. The van der Waals surface area contributed by atoms with Crippen LogP contribution in [0.15, 0.2) is 30.9 Å². The summed E-state index contributed by atoms with van der Waals surface area (Å²) in [5.41, 5.74) is -0.869. The van der Waals surface area contributed by atoms with Crippen molar-refractivity contribution in [3.63, 3.8) is 0 Å². The van der Waals surface area contributed by atoms with Crippen LogP contribution in [0.5, 0.6) is 0 Å². The molecule has 1 N–H and O–H groups in total. The van der Waals surface area contributed by atoms with Gasteiger partial charge in [-0.3, -0.25) is 9.59 Å². The minimum absolute atomic E-state index is 0.173. The van der Waals surface area contributed by atoms with Crippen molar-refractivity contribution in [2.75, 3.05) is 5.32 Å². The highest BCUT2D eigenvalue weighted by Gasteiger charge is 2.35. The van der Waals surface area contributed by atoms with Crippen molar-refractivity contribution in [2.24, 2.45) is 5.92 Å². The maximum atomic E-state index is 12.9. The topological polar surface area (TPSA) is 76.9 Å². The van der Waals surface area contributed by atoms with Crippen LogP contribution in [0.1, 0.15) is 54.2 Å². The van der Waals surface area contributed by atoms with Gasteiger partial charge in [-0.2, -0.15) is 13.2 Å². The zero-order chi connectivity index (χ0) is 20.3. The van der Waals surface area contributed by atoms with Gasteiger partial charge in [-0.25, -0.2) is 9.97 Å². The summed E-state index contributed by atoms with van der Waals surface area (Å²) < 4.78 is 39.9. The molecule has 28 heavy (non-hydrogen) atoms. The van der Waals surface area contributed by atoms with Crippen LogP contribution in [-0.2, 0) is 11.0 Å². The molecule has 1 aliphatic rings. The van der Waals surface area contributed by atoms with E-state index in [4.69, 9.17) is 11.6 Å². The number of halogens is 4. The summed E-state index contributed by atoms with van der Waals surface area (Å²) in [7, 11) is 0. The van der Waals surface area contributed by atoms with Crippen molar-refractivity contribution in [1.29, 1.82) is 0 Å². The van der Waals surface area contributed by atoms with Gasteiger partial charge in [-0.05, 0) is 36.1 Å². The standard InChI is InChI=1S/C18H18ClF3N4O2/c19-16(27)12-5-6-15(23-8-12)25-17(28)13(7-11-3-1-2-4-11)26-9-14(24-10-26)18(20,21)22/h5-6,8-11,13H,1-4,7H2,(H,23,25,28). The smallest absolute Gasteiger partial charge is 0.324 e. The van der Waals surface area contributed by atoms with Crippen molar-refractivity contribution >= 4 is 28.6 Å². The molecule has 0 saturated heterocycles. The predicted molar refractivity (Wildman–Crippen MR) is 95.9 cm³/mol. The first-order valence-electron chi connectivity index (χ1n) is 8.81. The number of nitrogens with one attached hydrogen (secondary N) is 1. The van der Waals surface area contributed by atoms with Crippen LogP contribution in [0, 0.1) is 5.92 Å². The molecule has 1 atom stereocenters. The maximum Gasteiger partial charge on any atom is 0.434 e. The minimum atomic E-state index is -4.58.